The Kier molecular flexibility index (Phi) is 5.64. The van der Waals surface area contributed by atoms with E-state index in [0.29, 0.717) is 28.2 Å². The largest absolute Gasteiger partial charge is 0.469 e. The Morgan fingerprint density at radius 2 is 2.14 bits per heavy atom. The van der Waals surface area contributed by atoms with Gasteiger partial charge in [0.15, 0.2) is 5.82 Å². The third kappa shape index (κ3) is 4.47. The van der Waals surface area contributed by atoms with E-state index in [1.807, 2.05) is 19.1 Å². The zero-order valence-corrected chi connectivity index (χ0v) is 13.3. The van der Waals surface area contributed by atoms with Crippen LogP contribution in [0.15, 0.2) is 28.8 Å². The van der Waals surface area contributed by atoms with E-state index in [0.717, 1.165) is 5.56 Å². The Morgan fingerprint density at radius 3 is 2.81 bits per heavy atom. The van der Waals surface area contributed by atoms with E-state index in [4.69, 9.17) is 16.1 Å². The average molecular weight is 327 g/mol. The van der Waals surface area contributed by atoms with Crippen molar-refractivity contribution in [1.82, 2.24) is 10.1 Å². The van der Waals surface area contributed by atoms with E-state index < -0.39 is 0 Å². The minimum atomic E-state index is -0.211. The van der Waals surface area contributed by atoms with Gasteiger partial charge in [0.1, 0.15) is 0 Å². The van der Waals surface area contributed by atoms with Gasteiger partial charge >= 0.3 is 5.97 Å². The Morgan fingerprint density at radius 1 is 1.43 bits per heavy atom. The maximum Gasteiger partial charge on any atom is 0.309 e. The summed E-state index contributed by atoms with van der Waals surface area (Å²) in [4.78, 5) is 15.6. The van der Waals surface area contributed by atoms with Crippen molar-refractivity contribution < 1.29 is 14.1 Å². The van der Waals surface area contributed by atoms with Crippen LogP contribution in [0, 0.1) is 5.92 Å². The Balaban J connectivity index is 1.89. The van der Waals surface area contributed by atoms with E-state index in [2.05, 4.69) is 14.9 Å². The molecule has 0 N–H and O–H groups in total. The van der Waals surface area contributed by atoms with E-state index in [1.165, 1.54) is 7.11 Å². The molecule has 1 heterocycles. The molecule has 2 rings (SSSR count). The molecule has 0 amide bonds. The number of nitrogens with zero attached hydrogens (tertiary/aromatic N) is 2. The van der Waals surface area contributed by atoms with Gasteiger partial charge in [0, 0.05) is 16.3 Å². The molecule has 0 saturated carbocycles. The number of hydrogen-bond donors (Lipinski definition) is 0. The van der Waals surface area contributed by atoms with Crippen LogP contribution in [0.5, 0.6) is 0 Å². The molecule has 7 heteroatoms. The van der Waals surface area contributed by atoms with E-state index in [-0.39, 0.29) is 11.9 Å². The van der Waals surface area contributed by atoms with Gasteiger partial charge in [-0.2, -0.15) is 16.7 Å². The molecular weight excluding hydrogens is 312 g/mol. The number of hydrogen-bond acceptors (Lipinski definition) is 6. The van der Waals surface area contributed by atoms with Crippen LogP contribution in [0.2, 0.25) is 5.02 Å². The number of aromatic nitrogens is 2. The van der Waals surface area contributed by atoms with Crippen molar-refractivity contribution in [3.8, 4) is 11.5 Å². The third-order valence-electron chi connectivity index (χ3n) is 2.76. The van der Waals surface area contributed by atoms with Crippen molar-refractivity contribution in [1.29, 1.82) is 0 Å². The summed E-state index contributed by atoms with van der Waals surface area (Å²) in [5, 5.41) is 4.58. The zero-order valence-electron chi connectivity index (χ0n) is 11.7. The highest BCUT2D eigenvalue weighted by Gasteiger charge is 2.14. The average Bonchev–Trinajstić information content (AvgIpc) is 2.95. The fourth-order valence-corrected chi connectivity index (χ4v) is 2.65. The fraction of sp³-hybridized carbons (Fsp3) is 0.357. The van der Waals surface area contributed by atoms with Crippen molar-refractivity contribution in [3.63, 3.8) is 0 Å². The van der Waals surface area contributed by atoms with Crippen LogP contribution in [0.3, 0.4) is 0 Å². The highest BCUT2D eigenvalue weighted by atomic mass is 35.5. The molecule has 0 bridgehead atoms. The summed E-state index contributed by atoms with van der Waals surface area (Å²) in [7, 11) is 1.39. The number of carbonyl (C=O) groups excluding carboxylic acids is 1. The molecule has 0 aliphatic carbocycles. The van der Waals surface area contributed by atoms with Gasteiger partial charge in [-0.15, -0.1) is 0 Å². The summed E-state index contributed by atoms with van der Waals surface area (Å²) in [6, 6.07) is 7.19. The minimum absolute atomic E-state index is 0.150. The Bertz CT molecular complexity index is 601. The fourth-order valence-electron chi connectivity index (χ4n) is 1.62. The summed E-state index contributed by atoms with van der Waals surface area (Å²) >= 11 is 7.39. The number of thioether (sulfide) groups is 1. The van der Waals surface area contributed by atoms with Crippen molar-refractivity contribution in [2.45, 2.75) is 12.7 Å². The second-order valence-electron chi connectivity index (χ2n) is 4.46. The van der Waals surface area contributed by atoms with E-state index in [1.54, 1.807) is 23.9 Å². The molecule has 0 spiro atoms. The molecule has 0 saturated heterocycles. The summed E-state index contributed by atoms with van der Waals surface area (Å²) in [6.07, 6.45) is 0. The number of esters is 1. The smallest absolute Gasteiger partial charge is 0.309 e. The standard InChI is InChI=1S/C14H15ClN2O3S/c1-9(14(18)19-2)7-21-8-12-16-13(20-17-12)10-3-5-11(15)6-4-10/h3-6,9H,7-8H2,1-2H3. The van der Waals surface area contributed by atoms with Crippen molar-refractivity contribution in [3.05, 3.63) is 35.1 Å². The summed E-state index contributed by atoms with van der Waals surface area (Å²) in [5.41, 5.74) is 0.825. The predicted molar refractivity (Wildman–Crippen MR) is 82.1 cm³/mol. The highest BCUT2D eigenvalue weighted by molar-refractivity contribution is 7.98. The second-order valence-corrected chi connectivity index (χ2v) is 5.93. The molecule has 0 radical (unpaired) electrons. The first-order valence-corrected chi connectivity index (χ1v) is 7.87. The number of methoxy groups -OCH3 is 1. The topological polar surface area (TPSA) is 65.2 Å². The molecule has 0 fully saturated rings. The van der Waals surface area contributed by atoms with Gasteiger partial charge in [-0.3, -0.25) is 4.79 Å². The molecule has 1 aromatic heterocycles. The van der Waals surface area contributed by atoms with Crippen LogP contribution in [-0.4, -0.2) is 29.0 Å². The molecule has 21 heavy (non-hydrogen) atoms. The van der Waals surface area contributed by atoms with Crippen LogP contribution in [0.1, 0.15) is 12.7 Å². The molecule has 1 unspecified atom stereocenters. The van der Waals surface area contributed by atoms with Gasteiger partial charge in [0.25, 0.3) is 5.89 Å². The molecule has 112 valence electrons. The van der Waals surface area contributed by atoms with Crippen molar-refractivity contribution in [2.24, 2.45) is 5.92 Å². The summed E-state index contributed by atoms with van der Waals surface area (Å²) in [5.74, 6) is 1.93. The van der Waals surface area contributed by atoms with Gasteiger partial charge in [-0.05, 0) is 24.3 Å². The maximum absolute atomic E-state index is 11.3. The Labute approximate surface area is 132 Å². The lowest BCUT2D eigenvalue weighted by Crippen LogP contribution is -2.14. The van der Waals surface area contributed by atoms with Crippen LogP contribution < -0.4 is 0 Å². The molecule has 1 aromatic carbocycles. The normalized spacial score (nSPS) is 12.1. The van der Waals surface area contributed by atoms with Gasteiger partial charge in [0.2, 0.25) is 0 Å². The van der Waals surface area contributed by atoms with Crippen LogP contribution in [-0.2, 0) is 15.3 Å². The molecule has 1 atom stereocenters. The first kappa shape index (κ1) is 15.9. The lowest BCUT2D eigenvalue weighted by Gasteiger charge is -2.06. The van der Waals surface area contributed by atoms with Crippen LogP contribution in [0.25, 0.3) is 11.5 Å². The molecular formula is C14H15ClN2O3S. The van der Waals surface area contributed by atoms with Crippen molar-refractivity contribution in [2.75, 3.05) is 12.9 Å². The first-order chi connectivity index (χ1) is 10.1. The SMILES string of the molecule is COC(=O)C(C)CSCc1noc(-c2ccc(Cl)cc2)n1. The summed E-state index contributed by atoms with van der Waals surface area (Å²) < 4.78 is 9.88. The lowest BCUT2D eigenvalue weighted by molar-refractivity contribution is -0.143. The predicted octanol–water partition coefficient (Wildman–Crippen LogP) is 3.43. The quantitative estimate of drug-likeness (QED) is 0.758. The van der Waals surface area contributed by atoms with Gasteiger partial charge < -0.3 is 9.26 Å². The summed E-state index contributed by atoms with van der Waals surface area (Å²) in [6.45, 7) is 1.83. The van der Waals surface area contributed by atoms with Gasteiger partial charge in [-0.25, -0.2) is 0 Å². The lowest BCUT2D eigenvalue weighted by atomic mass is 10.2. The van der Waals surface area contributed by atoms with Gasteiger partial charge in [0.05, 0.1) is 18.8 Å². The highest BCUT2D eigenvalue weighted by Crippen LogP contribution is 2.21. The number of benzene rings is 1. The third-order valence-corrected chi connectivity index (χ3v) is 4.21. The molecule has 0 aliphatic rings. The molecule has 0 aliphatic heterocycles. The number of rotatable bonds is 6. The van der Waals surface area contributed by atoms with Gasteiger partial charge in [-0.1, -0.05) is 23.7 Å². The van der Waals surface area contributed by atoms with E-state index >= 15 is 0 Å². The molecule has 2 aromatic rings. The number of halogens is 1. The van der Waals surface area contributed by atoms with Crippen molar-refractivity contribution >= 4 is 29.3 Å². The van der Waals surface area contributed by atoms with Crippen LogP contribution in [0.4, 0.5) is 0 Å². The first-order valence-electron chi connectivity index (χ1n) is 6.34. The number of ether oxygens (including phenoxy) is 1. The molecule has 5 nitrogen and oxygen atoms in total. The maximum atomic E-state index is 11.3. The van der Waals surface area contributed by atoms with Crippen LogP contribution >= 0.6 is 23.4 Å². The Hall–Kier alpha value is -1.53. The second kappa shape index (κ2) is 7.47. The monoisotopic (exact) mass is 326 g/mol. The van der Waals surface area contributed by atoms with E-state index in [9.17, 15) is 4.79 Å². The minimum Gasteiger partial charge on any atom is -0.469 e. The zero-order chi connectivity index (χ0) is 15.2. The number of carbonyl (C=O) groups is 1.